The number of aliphatic hydroxyl groups excluding tert-OH is 1. The van der Waals surface area contributed by atoms with E-state index in [1.807, 2.05) is 6.07 Å². The van der Waals surface area contributed by atoms with E-state index >= 15 is 0 Å². The van der Waals surface area contributed by atoms with E-state index in [-0.39, 0.29) is 35.2 Å². The van der Waals surface area contributed by atoms with Gasteiger partial charge in [-0.15, -0.1) is 0 Å². The Bertz CT molecular complexity index is 596. The number of rotatable bonds is 4. The van der Waals surface area contributed by atoms with Gasteiger partial charge in [0.25, 0.3) is 5.91 Å². The minimum absolute atomic E-state index is 0.0134. The summed E-state index contributed by atoms with van der Waals surface area (Å²) in [5, 5.41) is 23.5. The van der Waals surface area contributed by atoms with Crippen molar-refractivity contribution in [1.29, 1.82) is 0 Å². The zero-order valence-electron chi connectivity index (χ0n) is 14.5. The molecule has 3 atom stereocenters. The van der Waals surface area contributed by atoms with Gasteiger partial charge < -0.3 is 15.5 Å². The highest BCUT2D eigenvalue weighted by atomic mass is 16.3. The third kappa shape index (κ3) is 3.42. The first-order valence-corrected chi connectivity index (χ1v) is 9.03. The van der Waals surface area contributed by atoms with Crippen molar-refractivity contribution in [2.75, 3.05) is 13.1 Å². The first-order valence-electron chi connectivity index (χ1n) is 9.03. The summed E-state index contributed by atoms with van der Waals surface area (Å²) in [6.07, 6.45) is 3.53. The normalized spacial score (nSPS) is 27.8. The molecular weight excluding hydrogens is 304 g/mol. The lowest BCUT2D eigenvalue weighted by atomic mass is 9.99. The van der Waals surface area contributed by atoms with Crippen LogP contribution >= 0.6 is 0 Å². The van der Waals surface area contributed by atoms with Crippen LogP contribution in [-0.2, 0) is 0 Å². The highest BCUT2D eigenvalue weighted by Gasteiger charge is 2.39. The van der Waals surface area contributed by atoms with Crippen molar-refractivity contribution in [1.82, 2.24) is 10.2 Å². The summed E-state index contributed by atoms with van der Waals surface area (Å²) >= 11 is 0. The van der Waals surface area contributed by atoms with E-state index in [4.69, 9.17) is 0 Å². The van der Waals surface area contributed by atoms with E-state index in [1.54, 1.807) is 12.1 Å². The maximum absolute atomic E-state index is 12.6. The average molecular weight is 332 g/mol. The smallest absolute Gasteiger partial charge is 0.255 e. The number of likely N-dealkylation sites (tertiary alicyclic amines) is 1. The fourth-order valence-electron chi connectivity index (χ4n) is 3.93. The number of aromatic hydroxyl groups is 1. The number of phenols is 1. The molecule has 5 nitrogen and oxygen atoms in total. The molecule has 1 aromatic carbocycles. The van der Waals surface area contributed by atoms with E-state index in [2.05, 4.69) is 24.1 Å². The van der Waals surface area contributed by atoms with Crippen LogP contribution in [0, 0.1) is 0 Å². The van der Waals surface area contributed by atoms with Crippen molar-refractivity contribution in [3.05, 3.63) is 29.3 Å². The van der Waals surface area contributed by atoms with Crippen LogP contribution in [0.25, 0.3) is 0 Å². The number of carbonyl (C=O) groups excluding carboxylic acids is 1. The largest absolute Gasteiger partial charge is 0.507 e. The lowest BCUT2D eigenvalue weighted by Gasteiger charge is -2.28. The maximum Gasteiger partial charge on any atom is 0.255 e. The number of nitrogens with zero attached hydrogens (tertiary/aromatic N) is 1. The molecule has 0 bridgehead atoms. The predicted octanol–water partition coefficient (Wildman–Crippen LogP) is 2.23. The van der Waals surface area contributed by atoms with Crippen molar-refractivity contribution in [2.45, 2.75) is 63.6 Å². The van der Waals surface area contributed by atoms with E-state index in [9.17, 15) is 15.0 Å². The maximum atomic E-state index is 12.6. The van der Waals surface area contributed by atoms with Gasteiger partial charge in [0.15, 0.2) is 0 Å². The Labute approximate surface area is 143 Å². The summed E-state index contributed by atoms with van der Waals surface area (Å²) in [7, 11) is 0. The SMILES string of the molecule is CC(C)c1ccc(O)c(C(=O)N[C@@H]2CC[C@@H](N3CCCC3)[C@@H]2O)c1. The average Bonchev–Trinajstić information content (AvgIpc) is 3.18. The Hall–Kier alpha value is -1.59. The molecule has 0 unspecified atom stereocenters. The minimum atomic E-state index is -0.539. The summed E-state index contributed by atoms with van der Waals surface area (Å²) in [4.78, 5) is 14.9. The predicted molar refractivity (Wildman–Crippen MR) is 93.3 cm³/mol. The Kier molecular flexibility index (Phi) is 5.11. The van der Waals surface area contributed by atoms with E-state index in [0.717, 1.165) is 31.5 Å². The topological polar surface area (TPSA) is 72.8 Å². The number of carbonyl (C=O) groups is 1. The van der Waals surface area contributed by atoms with E-state index in [0.29, 0.717) is 0 Å². The Morgan fingerprint density at radius 1 is 1.25 bits per heavy atom. The molecule has 1 heterocycles. The number of aliphatic hydroxyl groups is 1. The molecule has 1 aromatic rings. The van der Waals surface area contributed by atoms with Crippen LogP contribution in [0.5, 0.6) is 5.75 Å². The van der Waals surface area contributed by atoms with E-state index in [1.165, 1.54) is 12.8 Å². The van der Waals surface area contributed by atoms with Crippen molar-refractivity contribution in [3.63, 3.8) is 0 Å². The molecule has 1 saturated heterocycles. The molecule has 1 amide bonds. The molecule has 0 spiro atoms. The van der Waals surface area contributed by atoms with Gasteiger partial charge >= 0.3 is 0 Å². The molecule has 1 saturated carbocycles. The number of hydrogen-bond acceptors (Lipinski definition) is 4. The third-order valence-corrected chi connectivity index (χ3v) is 5.44. The highest BCUT2D eigenvalue weighted by molar-refractivity contribution is 5.97. The van der Waals surface area contributed by atoms with Gasteiger partial charge in [0.2, 0.25) is 0 Å². The van der Waals surface area contributed by atoms with Gasteiger partial charge in [-0.3, -0.25) is 9.69 Å². The first kappa shape index (κ1) is 17.2. The molecule has 132 valence electrons. The summed E-state index contributed by atoms with van der Waals surface area (Å²) in [6, 6.07) is 5.06. The lowest BCUT2D eigenvalue weighted by molar-refractivity contribution is 0.0618. The molecule has 3 N–H and O–H groups in total. The van der Waals surface area contributed by atoms with Crippen molar-refractivity contribution in [2.24, 2.45) is 0 Å². The van der Waals surface area contributed by atoms with Gasteiger partial charge in [0, 0.05) is 6.04 Å². The zero-order valence-corrected chi connectivity index (χ0v) is 14.5. The number of nitrogens with one attached hydrogen (secondary N) is 1. The second-order valence-electron chi connectivity index (χ2n) is 7.39. The standard InChI is InChI=1S/C19H28N2O3/c1-12(2)13-5-8-17(22)14(11-13)19(24)20-15-6-7-16(18(15)23)21-9-3-4-10-21/h5,8,11-12,15-16,18,22-23H,3-4,6-7,9-10H2,1-2H3,(H,20,24)/t15-,16-,18-/m1/s1. The Balaban J connectivity index is 1.68. The number of benzene rings is 1. The van der Waals surface area contributed by atoms with Gasteiger partial charge in [-0.2, -0.15) is 0 Å². The molecule has 1 aliphatic carbocycles. The van der Waals surface area contributed by atoms with Crippen LogP contribution in [0.3, 0.4) is 0 Å². The monoisotopic (exact) mass is 332 g/mol. The van der Waals surface area contributed by atoms with E-state index < -0.39 is 6.10 Å². The van der Waals surface area contributed by atoms with Crippen LogP contribution in [0.2, 0.25) is 0 Å². The summed E-state index contributed by atoms with van der Waals surface area (Å²) in [6.45, 7) is 6.18. The Morgan fingerprint density at radius 2 is 1.96 bits per heavy atom. The van der Waals surface area contributed by atoms with Crippen molar-refractivity contribution >= 4 is 5.91 Å². The number of phenolic OH excluding ortho intramolecular Hbond substituents is 1. The lowest BCUT2D eigenvalue weighted by Crippen LogP contribution is -2.47. The van der Waals surface area contributed by atoms with Crippen LogP contribution < -0.4 is 5.32 Å². The van der Waals surface area contributed by atoms with Crippen LogP contribution in [-0.4, -0.2) is 52.3 Å². The second kappa shape index (κ2) is 7.11. The number of hydrogen-bond donors (Lipinski definition) is 3. The van der Waals surface area contributed by atoms with Gasteiger partial charge in [-0.05, 0) is 62.4 Å². The van der Waals surface area contributed by atoms with Crippen LogP contribution in [0.4, 0.5) is 0 Å². The Morgan fingerprint density at radius 3 is 2.62 bits per heavy atom. The van der Waals surface area contributed by atoms with Gasteiger partial charge in [-0.1, -0.05) is 19.9 Å². The summed E-state index contributed by atoms with van der Waals surface area (Å²) in [5.41, 5.74) is 1.30. The quantitative estimate of drug-likeness (QED) is 0.791. The zero-order chi connectivity index (χ0) is 17.3. The highest BCUT2D eigenvalue weighted by Crippen LogP contribution is 2.29. The third-order valence-electron chi connectivity index (χ3n) is 5.44. The van der Waals surface area contributed by atoms with Gasteiger partial charge in [-0.25, -0.2) is 0 Å². The van der Waals surface area contributed by atoms with Crippen LogP contribution in [0.15, 0.2) is 18.2 Å². The molecule has 2 fully saturated rings. The minimum Gasteiger partial charge on any atom is -0.507 e. The van der Waals surface area contributed by atoms with Gasteiger partial charge in [0.05, 0.1) is 17.7 Å². The first-order chi connectivity index (χ1) is 11.5. The fourth-order valence-corrected chi connectivity index (χ4v) is 3.93. The molecule has 0 radical (unpaired) electrons. The van der Waals surface area contributed by atoms with Crippen molar-refractivity contribution in [3.8, 4) is 5.75 Å². The second-order valence-corrected chi connectivity index (χ2v) is 7.39. The molecule has 3 rings (SSSR count). The molecule has 5 heteroatoms. The van der Waals surface area contributed by atoms with Crippen LogP contribution in [0.1, 0.15) is 61.4 Å². The molecule has 2 aliphatic rings. The van der Waals surface area contributed by atoms with Gasteiger partial charge in [0.1, 0.15) is 5.75 Å². The molecule has 24 heavy (non-hydrogen) atoms. The summed E-state index contributed by atoms with van der Waals surface area (Å²) < 4.78 is 0. The molecular formula is C19H28N2O3. The fraction of sp³-hybridized carbons (Fsp3) is 0.632. The van der Waals surface area contributed by atoms with Crippen molar-refractivity contribution < 1.29 is 15.0 Å². The molecule has 0 aromatic heterocycles. The summed E-state index contributed by atoms with van der Waals surface area (Å²) in [5.74, 6) is -0.0321. The number of amides is 1. The molecule has 1 aliphatic heterocycles.